The molecule has 4 aromatic rings. The van der Waals surface area contributed by atoms with Crippen LogP contribution in [0.1, 0.15) is 48.9 Å². The lowest BCUT2D eigenvalue weighted by Gasteiger charge is -2.35. The second kappa shape index (κ2) is 13.3. The molecule has 0 radical (unpaired) electrons. The van der Waals surface area contributed by atoms with Crippen molar-refractivity contribution < 1.29 is 0 Å². The van der Waals surface area contributed by atoms with Crippen molar-refractivity contribution in [2.45, 2.75) is 118 Å². The van der Waals surface area contributed by atoms with Crippen molar-refractivity contribution in [3.8, 4) is 22.3 Å². The van der Waals surface area contributed by atoms with Gasteiger partial charge < -0.3 is 0 Å². The van der Waals surface area contributed by atoms with Gasteiger partial charge >= 0.3 is 0 Å². The van der Waals surface area contributed by atoms with Gasteiger partial charge in [-0.05, 0) is 70.2 Å². The Morgan fingerprint density at radius 3 is 1.04 bits per heavy atom. The molecule has 0 saturated heterocycles. The van der Waals surface area contributed by atoms with E-state index in [1.54, 1.807) is 31.9 Å². The fourth-order valence-corrected chi connectivity index (χ4v) is 13.5. The monoisotopic (exact) mass is 740 g/mol. The third kappa shape index (κ3) is 7.28. The van der Waals surface area contributed by atoms with Crippen LogP contribution in [0.25, 0.3) is 34.4 Å². The Bertz CT molecular complexity index is 1830. The lowest BCUT2D eigenvalue weighted by Crippen LogP contribution is -2.45. The van der Waals surface area contributed by atoms with Gasteiger partial charge in [0.25, 0.3) is 0 Å². The Hall–Kier alpha value is -2.77. The molecule has 0 bridgehead atoms. The number of allylic oxidation sites excluding steroid dienone is 2. The highest BCUT2D eigenvalue weighted by Gasteiger charge is 2.39. The summed E-state index contributed by atoms with van der Waals surface area (Å²) in [4.78, 5) is 0. The second-order valence-corrected chi connectivity index (χ2v) is 40.1. The zero-order chi connectivity index (χ0) is 37.3. The number of hydrogen-bond acceptors (Lipinski definition) is 0. The molecular formula is C47H64Si4. The number of rotatable bonds is 10. The molecule has 0 atom stereocenters. The molecule has 51 heavy (non-hydrogen) atoms. The van der Waals surface area contributed by atoms with Crippen molar-refractivity contribution in [2.24, 2.45) is 5.41 Å². The summed E-state index contributed by atoms with van der Waals surface area (Å²) in [5.41, 5.74) is 14.9. The maximum absolute atomic E-state index is 2.63. The predicted octanol–water partition coefficient (Wildman–Crippen LogP) is 11.6. The van der Waals surface area contributed by atoms with Crippen molar-refractivity contribution in [3.63, 3.8) is 0 Å². The second-order valence-electron chi connectivity index (χ2n) is 19.8. The molecule has 0 fully saturated rings. The molecule has 0 nitrogen and oxygen atoms in total. The molecule has 2 aliphatic rings. The summed E-state index contributed by atoms with van der Waals surface area (Å²) in [6.07, 6.45) is 9.63. The third-order valence-electron chi connectivity index (χ3n) is 12.2. The molecule has 2 aliphatic carbocycles. The lowest BCUT2D eigenvalue weighted by molar-refractivity contribution is 0.390. The van der Waals surface area contributed by atoms with E-state index >= 15 is 0 Å². The van der Waals surface area contributed by atoms with Crippen LogP contribution in [0.15, 0.2) is 83.9 Å². The van der Waals surface area contributed by atoms with Gasteiger partial charge in [0.1, 0.15) is 0 Å². The fraction of sp³-hybridized carbons (Fsp3) is 0.404. The predicted molar refractivity (Wildman–Crippen MR) is 242 cm³/mol. The molecule has 268 valence electrons. The van der Waals surface area contributed by atoms with Gasteiger partial charge in [-0.1, -0.05) is 209 Å². The van der Waals surface area contributed by atoms with Crippen LogP contribution in [0.4, 0.5) is 0 Å². The van der Waals surface area contributed by atoms with Crippen LogP contribution in [-0.4, -0.2) is 32.3 Å². The van der Waals surface area contributed by atoms with Gasteiger partial charge in [-0.3, -0.25) is 0 Å². The van der Waals surface area contributed by atoms with Crippen LogP contribution in [-0.2, 0) is 12.8 Å². The molecule has 0 aromatic heterocycles. The highest BCUT2D eigenvalue weighted by atomic mass is 28.3. The average Bonchev–Trinajstić information content (AvgIpc) is 3.69. The van der Waals surface area contributed by atoms with Gasteiger partial charge in [-0.2, -0.15) is 0 Å². The van der Waals surface area contributed by atoms with Crippen molar-refractivity contribution >= 4 is 65.2 Å². The van der Waals surface area contributed by atoms with Crippen molar-refractivity contribution in [2.75, 3.05) is 0 Å². The molecular weight excluding hydrogens is 677 g/mol. The van der Waals surface area contributed by atoms with E-state index in [-0.39, 0.29) is 5.41 Å². The molecule has 6 rings (SSSR count). The summed E-state index contributed by atoms with van der Waals surface area (Å²) in [5.74, 6) is 0. The molecule has 0 unspecified atom stereocenters. The maximum Gasteiger partial charge on any atom is 0.0776 e. The Kier molecular flexibility index (Phi) is 9.87. The van der Waals surface area contributed by atoms with Crippen LogP contribution >= 0.6 is 0 Å². The number of hydrogen-bond donors (Lipinski definition) is 0. The minimum Gasteiger partial charge on any atom is -0.0656 e. The zero-order valence-corrected chi connectivity index (χ0v) is 38.4. The quantitative estimate of drug-likeness (QED) is 0.142. The van der Waals surface area contributed by atoms with Crippen molar-refractivity contribution in [1.82, 2.24) is 0 Å². The van der Waals surface area contributed by atoms with Gasteiger partial charge in [0.05, 0.1) is 32.3 Å². The standard InChI is InChI=1S/C47H64Si4/c1-15-47(16-2,37-23-33-19-17-21-43(45(33)29-37)35-25-39(48(3,4)5)31-40(26-35)49(6,7)8)38-24-34-20-18-22-44(46(34)30-38)36-27-41(50(9,10)11)32-42(28-36)51(12,13)14/h17-22,25-32H,15-16,23-24H2,1-14H3. The lowest BCUT2D eigenvalue weighted by atomic mass is 9.68. The number of benzene rings is 4. The van der Waals surface area contributed by atoms with E-state index in [2.05, 4.69) is 177 Å². The molecule has 4 heteroatoms. The normalized spacial score (nSPS) is 15.1. The summed E-state index contributed by atoms with van der Waals surface area (Å²) in [7, 11) is -5.96. The minimum atomic E-state index is -1.49. The first-order valence-electron chi connectivity index (χ1n) is 19.6. The summed E-state index contributed by atoms with van der Waals surface area (Å²) < 4.78 is 0. The minimum absolute atomic E-state index is 0.0554. The Balaban J connectivity index is 1.46. The van der Waals surface area contributed by atoms with Crippen LogP contribution in [0.2, 0.25) is 78.6 Å². The van der Waals surface area contributed by atoms with Gasteiger partial charge in [0.2, 0.25) is 0 Å². The summed E-state index contributed by atoms with van der Waals surface area (Å²) >= 11 is 0. The van der Waals surface area contributed by atoms with Crippen LogP contribution in [0.3, 0.4) is 0 Å². The molecule has 0 spiro atoms. The third-order valence-corrected chi connectivity index (χ3v) is 20.3. The van der Waals surface area contributed by atoms with Crippen LogP contribution < -0.4 is 20.7 Å². The first-order chi connectivity index (χ1) is 23.7. The Labute approximate surface area is 315 Å². The molecule has 0 N–H and O–H groups in total. The summed E-state index contributed by atoms with van der Waals surface area (Å²) in [6.45, 7) is 34.8. The zero-order valence-electron chi connectivity index (χ0n) is 34.4. The summed E-state index contributed by atoms with van der Waals surface area (Å²) in [6, 6.07) is 29.6. The fourth-order valence-electron chi connectivity index (χ4n) is 8.52. The number of fused-ring (bicyclic) bond motifs is 2. The van der Waals surface area contributed by atoms with E-state index in [1.807, 2.05) is 0 Å². The molecule has 0 aliphatic heterocycles. The largest absolute Gasteiger partial charge is 0.0776 e. The topological polar surface area (TPSA) is 0 Å². The van der Waals surface area contributed by atoms with Gasteiger partial charge in [0, 0.05) is 5.41 Å². The van der Waals surface area contributed by atoms with Crippen LogP contribution in [0.5, 0.6) is 0 Å². The highest BCUT2D eigenvalue weighted by molar-refractivity contribution is 6.92. The van der Waals surface area contributed by atoms with Crippen LogP contribution in [0, 0.1) is 5.41 Å². The van der Waals surface area contributed by atoms with Crippen molar-refractivity contribution in [3.05, 3.63) is 106 Å². The van der Waals surface area contributed by atoms with Gasteiger partial charge in [0.15, 0.2) is 0 Å². The first kappa shape index (κ1) is 38.0. The maximum atomic E-state index is 2.63. The molecule has 0 saturated carbocycles. The first-order valence-corrected chi connectivity index (χ1v) is 33.6. The van der Waals surface area contributed by atoms with E-state index in [9.17, 15) is 0 Å². The Morgan fingerprint density at radius 2 is 0.765 bits per heavy atom. The van der Waals surface area contributed by atoms with E-state index in [4.69, 9.17) is 0 Å². The van der Waals surface area contributed by atoms with Gasteiger partial charge in [-0.25, -0.2) is 0 Å². The van der Waals surface area contributed by atoms with Gasteiger partial charge in [-0.15, -0.1) is 0 Å². The average molecular weight is 741 g/mol. The van der Waals surface area contributed by atoms with E-state index in [0.717, 1.165) is 25.7 Å². The molecule has 4 aromatic carbocycles. The Morgan fingerprint density at radius 1 is 0.451 bits per heavy atom. The highest BCUT2D eigenvalue weighted by Crippen LogP contribution is 2.52. The summed E-state index contributed by atoms with van der Waals surface area (Å²) in [5, 5.41) is 6.35. The van der Waals surface area contributed by atoms with E-state index < -0.39 is 32.3 Å². The molecule has 0 amide bonds. The smallest absolute Gasteiger partial charge is 0.0656 e. The SMILES string of the molecule is CCC(CC)(C1=Cc2c(cccc2-c2cc([Si](C)(C)C)cc([Si](C)(C)C)c2)C1)C1=Cc2c(cccc2-c2cc([Si](C)(C)C)cc([Si](C)(C)C)c2)C1. The van der Waals surface area contributed by atoms with Crippen molar-refractivity contribution in [1.29, 1.82) is 0 Å². The van der Waals surface area contributed by atoms with E-state index in [0.29, 0.717) is 0 Å². The molecule has 0 heterocycles. The van der Waals surface area contributed by atoms with E-state index in [1.165, 1.54) is 44.5 Å².